The normalized spacial score (nSPS) is 10.8. The van der Waals surface area contributed by atoms with Crippen molar-refractivity contribution in [3.63, 3.8) is 0 Å². The average molecular weight is 286 g/mol. The van der Waals surface area contributed by atoms with Crippen LogP contribution in [0.15, 0.2) is 12.3 Å². The molecule has 90 valence electrons. The van der Waals surface area contributed by atoms with Crippen molar-refractivity contribution in [2.24, 2.45) is 0 Å². The second-order valence-electron chi connectivity index (χ2n) is 3.81. The van der Waals surface area contributed by atoms with Gasteiger partial charge >= 0.3 is 0 Å². The second kappa shape index (κ2) is 6.84. The van der Waals surface area contributed by atoms with Crippen LogP contribution in [-0.4, -0.2) is 27.9 Å². The molecule has 3 nitrogen and oxygen atoms in total. The van der Waals surface area contributed by atoms with Crippen LogP contribution in [0.1, 0.15) is 32.5 Å². The summed E-state index contributed by atoms with van der Waals surface area (Å²) in [4.78, 5) is 11.0. The first-order valence-corrected chi connectivity index (χ1v) is 6.97. The predicted octanol–water partition coefficient (Wildman–Crippen LogP) is 3.17. The Labute approximate surface area is 106 Å². The first kappa shape index (κ1) is 13.4. The van der Waals surface area contributed by atoms with Gasteiger partial charge in [0.1, 0.15) is 11.6 Å². The number of hydrogen-bond acceptors (Lipinski definition) is 3. The number of aromatic nitrogens is 2. The van der Waals surface area contributed by atoms with Gasteiger partial charge in [-0.05, 0) is 25.8 Å². The molecule has 0 saturated carbocycles. The minimum atomic E-state index is 0.562. The van der Waals surface area contributed by atoms with Gasteiger partial charge in [0.25, 0.3) is 0 Å². The molecule has 0 atom stereocenters. The van der Waals surface area contributed by atoms with Gasteiger partial charge in [-0.3, -0.25) is 0 Å². The number of rotatable bonds is 6. The number of hydrogen-bond donors (Lipinski definition) is 0. The molecular formula is C12H20BrN3. The van der Waals surface area contributed by atoms with Crippen LogP contribution in [0.2, 0.25) is 0 Å². The fraction of sp³-hybridized carbons (Fsp3) is 0.667. The minimum absolute atomic E-state index is 0.562. The van der Waals surface area contributed by atoms with Crippen LogP contribution in [0.5, 0.6) is 0 Å². The smallest absolute Gasteiger partial charge is 0.132 e. The van der Waals surface area contributed by atoms with Gasteiger partial charge in [0.05, 0.1) is 0 Å². The number of alkyl halides is 1. The van der Waals surface area contributed by atoms with Crippen LogP contribution in [-0.2, 0) is 0 Å². The zero-order valence-electron chi connectivity index (χ0n) is 10.3. The molecule has 0 aliphatic rings. The summed E-state index contributed by atoms with van der Waals surface area (Å²) in [5.74, 6) is 1.88. The van der Waals surface area contributed by atoms with Crippen LogP contribution < -0.4 is 4.90 Å². The summed E-state index contributed by atoms with van der Waals surface area (Å²) in [5.41, 5.74) is 0. The van der Waals surface area contributed by atoms with Crippen LogP contribution in [0, 0.1) is 6.92 Å². The van der Waals surface area contributed by atoms with Gasteiger partial charge in [0.15, 0.2) is 0 Å². The molecule has 0 fully saturated rings. The van der Waals surface area contributed by atoms with E-state index in [0.717, 1.165) is 36.4 Å². The van der Waals surface area contributed by atoms with Crippen LogP contribution >= 0.6 is 15.9 Å². The summed E-state index contributed by atoms with van der Waals surface area (Å²) < 4.78 is 0. The summed E-state index contributed by atoms with van der Waals surface area (Å²) >= 11 is 3.51. The predicted molar refractivity (Wildman–Crippen MR) is 72.3 cm³/mol. The molecule has 4 heteroatoms. The van der Waals surface area contributed by atoms with Crippen molar-refractivity contribution in [2.75, 3.05) is 16.8 Å². The van der Waals surface area contributed by atoms with E-state index in [1.54, 1.807) is 0 Å². The maximum Gasteiger partial charge on any atom is 0.132 e. The van der Waals surface area contributed by atoms with Gasteiger partial charge in [0, 0.05) is 24.1 Å². The maximum absolute atomic E-state index is 4.50. The molecule has 16 heavy (non-hydrogen) atoms. The standard InChI is InChI=1S/C12H20BrN3/c1-4-11(5-2)16(9-7-13)12-6-8-14-10(3)15-12/h6,8,11H,4-5,7,9H2,1-3H3. The molecule has 1 aromatic heterocycles. The van der Waals surface area contributed by atoms with E-state index in [1.807, 2.05) is 19.2 Å². The molecule has 0 aromatic carbocycles. The van der Waals surface area contributed by atoms with E-state index in [9.17, 15) is 0 Å². The van der Waals surface area contributed by atoms with E-state index >= 15 is 0 Å². The Morgan fingerprint density at radius 2 is 2.06 bits per heavy atom. The van der Waals surface area contributed by atoms with Gasteiger partial charge < -0.3 is 4.90 Å². The molecule has 0 radical (unpaired) electrons. The van der Waals surface area contributed by atoms with Gasteiger partial charge in [-0.15, -0.1) is 0 Å². The zero-order valence-corrected chi connectivity index (χ0v) is 11.9. The number of anilines is 1. The molecule has 0 saturated heterocycles. The van der Waals surface area contributed by atoms with Crippen molar-refractivity contribution in [3.8, 4) is 0 Å². The highest BCUT2D eigenvalue weighted by atomic mass is 79.9. The lowest BCUT2D eigenvalue weighted by atomic mass is 10.1. The molecule has 1 aromatic rings. The number of halogens is 1. The highest BCUT2D eigenvalue weighted by molar-refractivity contribution is 9.09. The minimum Gasteiger partial charge on any atom is -0.353 e. The summed E-state index contributed by atoms with van der Waals surface area (Å²) in [6.07, 6.45) is 4.13. The first-order chi connectivity index (χ1) is 7.72. The molecule has 0 unspecified atom stereocenters. The Kier molecular flexibility index (Phi) is 5.74. The molecule has 0 spiro atoms. The zero-order chi connectivity index (χ0) is 12.0. The molecule has 0 amide bonds. The second-order valence-corrected chi connectivity index (χ2v) is 4.61. The Bertz CT molecular complexity index is 313. The van der Waals surface area contributed by atoms with E-state index in [-0.39, 0.29) is 0 Å². The summed E-state index contributed by atoms with van der Waals surface area (Å²) in [5, 5.41) is 0.965. The van der Waals surface area contributed by atoms with Crippen molar-refractivity contribution in [1.82, 2.24) is 9.97 Å². The van der Waals surface area contributed by atoms with Crippen LogP contribution in [0.3, 0.4) is 0 Å². The Hall–Kier alpha value is -0.640. The van der Waals surface area contributed by atoms with Gasteiger partial charge in [-0.2, -0.15) is 0 Å². The van der Waals surface area contributed by atoms with Crippen molar-refractivity contribution >= 4 is 21.7 Å². The fourth-order valence-corrected chi connectivity index (χ4v) is 2.29. The Balaban J connectivity index is 2.91. The van der Waals surface area contributed by atoms with E-state index < -0.39 is 0 Å². The largest absolute Gasteiger partial charge is 0.353 e. The fourth-order valence-electron chi connectivity index (χ4n) is 1.91. The number of aryl methyl sites for hydroxylation is 1. The molecule has 0 aliphatic carbocycles. The lowest BCUT2D eigenvalue weighted by molar-refractivity contribution is 0.562. The lowest BCUT2D eigenvalue weighted by Gasteiger charge is -2.31. The third-order valence-electron chi connectivity index (χ3n) is 2.76. The third-order valence-corrected chi connectivity index (χ3v) is 3.12. The van der Waals surface area contributed by atoms with Crippen molar-refractivity contribution in [3.05, 3.63) is 18.1 Å². The van der Waals surface area contributed by atoms with E-state index in [0.29, 0.717) is 6.04 Å². The van der Waals surface area contributed by atoms with E-state index in [2.05, 4.69) is 44.6 Å². The molecule has 0 aliphatic heterocycles. The SMILES string of the molecule is CCC(CC)N(CCBr)c1ccnc(C)n1. The van der Waals surface area contributed by atoms with Gasteiger partial charge in [-0.1, -0.05) is 29.8 Å². The summed E-state index contributed by atoms with van der Waals surface area (Å²) in [6, 6.07) is 2.56. The Morgan fingerprint density at radius 3 is 2.56 bits per heavy atom. The van der Waals surface area contributed by atoms with Crippen molar-refractivity contribution in [2.45, 2.75) is 39.7 Å². The number of nitrogens with zero attached hydrogens (tertiary/aromatic N) is 3. The van der Waals surface area contributed by atoms with Crippen molar-refractivity contribution in [1.29, 1.82) is 0 Å². The quantitative estimate of drug-likeness (QED) is 0.752. The molecule has 1 heterocycles. The molecule has 0 bridgehead atoms. The Morgan fingerprint density at radius 1 is 1.38 bits per heavy atom. The monoisotopic (exact) mass is 285 g/mol. The third kappa shape index (κ3) is 3.44. The lowest BCUT2D eigenvalue weighted by Crippen LogP contribution is -2.36. The molecular weight excluding hydrogens is 266 g/mol. The highest BCUT2D eigenvalue weighted by Gasteiger charge is 2.16. The molecule has 1 rings (SSSR count). The first-order valence-electron chi connectivity index (χ1n) is 5.85. The van der Waals surface area contributed by atoms with Gasteiger partial charge in [-0.25, -0.2) is 9.97 Å². The highest BCUT2D eigenvalue weighted by Crippen LogP contribution is 2.17. The average Bonchev–Trinajstić information content (AvgIpc) is 2.29. The topological polar surface area (TPSA) is 29.0 Å². The summed E-state index contributed by atoms with van der Waals surface area (Å²) in [6.45, 7) is 7.37. The van der Waals surface area contributed by atoms with E-state index in [1.165, 1.54) is 0 Å². The van der Waals surface area contributed by atoms with Crippen LogP contribution in [0.4, 0.5) is 5.82 Å². The van der Waals surface area contributed by atoms with E-state index in [4.69, 9.17) is 0 Å². The van der Waals surface area contributed by atoms with Gasteiger partial charge in [0.2, 0.25) is 0 Å². The molecule has 0 N–H and O–H groups in total. The summed E-state index contributed by atoms with van der Waals surface area (Å²) in [7, 11) is 0. The van der Waals surface area contributed by atoms with Crippen molar-refractivity contribution < 1.29 is 0 Å². The van der Waals surface area contributed by atoms with Crippen LogP contribution in [0.25, 0.3) is 0 Å². The maximum atomic E-state index is 4.50.